The highest BCUT2D eigenvalue weighted by molar-refractivity contribution is 7.91. The first-order valence-corrected chi connectivity index (χ1v) is 25.6. The molecule has 0 saturated heterocycles. The molecule has 4 aromatic heterocycles. The van der Waals surface area contributed by atoms with Gasteiger partial charge in [-0.15, -0.1) is 22.7 Å². The molecule has 12 nitrogen and oxygen atoms in total. The van der Waals surface area contributed by atoms with E-state index in [4.69, 9.17) is 33.8 Å². The molecule has 0 bridgehead atoms. The second kappa shape index (κ2) is 18.1. The van der Waals surface area contributed by atoms with Gasteiger partial charge in [0.1, 0.15) is 5.60 Å². The molecule has 0 unspecified atom stereocenters. The van der Waals surface area contributed by atoms with E-state index in [1.165, 1.54) is 35.2 Å². The Balaban J connectivity index is 0.000000192. The molecule has 4 heterocycles. The number of para-hydroxylation sites is 2. The van der Waals surface area contributed by atoms with E-state index in [0.717, 1.165) is 42.0 Å². The van der Waals surface area contributed by atoms with Gasteiger partial charge in [0.25, 0.3) is 0 Å². The molecular formula is C46H41Cl2N7O5S4. The molecule has 0 aliphatic carbocycles. The topological polar surface area (TPSA) is 173 Å². The van der Waals surface area contributed by atoms with Crippen molar-refractivity contribution in [3.8, 4) is 53.4 Å². The first-order valence-electron chi connectivity index (χ1n) is 19.4. The van der Waals surface area contributed by atoms with Gasteiger partial charge in [-0.25, -0.2) is 26.2 Å². The zero-order valence-electron chi connectivity index (χ0n) is 35.3. The number of nitrogens with zero attached hydrogens (tertiary/aromatic N) is 7. The number of hydrogen-bond donors (Lipinski definition) is 1. The average Bonchev–Trinajstić information content (AvgIpc) is 4.07. The molecule has 4 aromatic carbocycles. The van der Waals surface area contributed by atoms with E-state index in [-0.39, 0.29) is 9.79 Å². The van der Waals surface area contributed by atoms with Crippen molar-refractivity contribution < 1.29 is 21.9 Å². The largest absolute Gasteiger partial charge is 0.384 e. The third-order valence-corrected chi connectivity index (χ3v) is 15.1. The van der Waals surface area contributed by atoms with Crippen molar-refractivity contribution in [1.82, 2.24) is 19.6 Å². The number of aromatic nitrogens is 4. The maximum atomic E-state index is 12.0. The summed E-state index contributed by atoms with van der Waals surface area (Å²) >= 11 is 15.9. The van der Waals surface area contributed by atoms with Crippen molar-refractivity contribution in [3.05, 3.63) is 165 Å². The number of halogens is 2. The summed E-state index contributed by atoms with van der Waals surface area (Å²) in [6.45, 7) is 6.97. The number of aliphatic hydroxyl groups is 1. The smallest absolute Gasteiger partial charge is 0.175 e. The Labute approximate surface area is 389 Å². The van der Waals surface area contributed by atoms with Gasteiger partial charge in [-0.3, -0.25) is 0 Å². The molecule has 0 amide bonds. The predicted octanol–water partition coefficient (Wildman–Crippen LogP) is 12.4. The second-order valence-corrected chi connectivity index (χ2v) is 22.8. The van der Waals surface area contributed by atoms with Crippen LogP contribution in [0.2, 0.25) is 10.0 Å². The van der Waals surface area contributed by atoms with Crippen molar-refractivity contribution in [2.75, 3.05) is 12.5 Å². The Morgan fingerprint density at radius 3 is 1.41 bits per heavy atom. The fourth-order valence-corrected chi connectivity index (χ4v) is 10.3. The Morgan fingerprint density at radius 1 is 0.594 bits per heavy atom. The Kier molecular flexibility index (Phi) is 13.2. The summed E-state index contributed by atoms with van der Waals surface area (Å²) in [5.74, 6) is 0. The van der Waals surface area contributed by atoms with Gasteiger partial charge in [0.2, 0.25) is 0 Å². The van der Waals surface area contributed by atoms with Crippen LogP contribution in [-0.4, -0.2) is 54.0 Å². The summed E-state index contributed by atoms with van der Waals surface area (Å²) < 4.78 is 51.3. The lowest BCUT2D eigenvalue weighted by Gasteiger charge is -2.14. The molecule has 0 fully saturated rings. The van der Waals surface area contributed by atoms with E-state index in [9.17, 15) is 21.9 Å². The molecule has 0 aliphatic heterocycles. The summed E-state index contributed by atoms with van der Waals surface area (Å²) in [6, 6.07) is 40.1. The third kappa shape index (κ3) is 10.2. The van der Waals surface area contributed by atoms with Crippen LogP contribution in [0.1, 0.15) is 39.1 Å². The molecule has 0 atom stereocenters. The highest BCUT2D eigenvalue weighted by Gasteiger charge is 2.27. The molecule has 18 heteroatoms. The van der Waals surface area contributed by atoms with Crippen LogP contribution in [0.3, 0.4) is 0 Å². The van der Waals surface area contributed by atoms with Crippen molar-refractivity contribution in [2.45, 2.75) is 48.6 Å². The SMILES string of the molecule is CC(C)(N=[N+]=[N-])c1cc(-c2ccc(-c3cccc(S(C)(=O)=O)c3)s2)n(-c2ccccc2Cl)n1.CC(C)(O)c1cc(-c2ccc(-c3cccc(S(C)(=O)=O)c3)s2)n(-c2ccccc2Cl)n1. The number of rotatable bonds is 11. The molecule has 8 aromatic rings. The maximum Gasteiger partial charge on any atom is 0.175 e. The summed E-state index contributed by atoms with van der Waals surface area (Å²) in [5, 5.41) is 24.9. The van der Waals surface area contributed by atoms with E-state index in [1.54, 1.807) is 85.6 Å². The van der Waals surface area contributed by atoms with Crippen LogP contribution in [0.15, 0.2) is 148 Å². The molecule has 0 saturated carbocycles. The Morgan fingerprint density at radius 2 is 1.00 bits per heavy atom. The lowest BCUT2D eigenvalue weighted by Crippen LogP contribution is -2.16. The van der Waals surface area contributed by atoms with Crippen molar-refractivity contribution >= 4 is 65.5 Å². The first kappa shape index (κ1) is 46.4. The maximum absolute atomic E-state index is 12.0. The molecule has 1 N–H and O–H groups in total. The molecule has 8 rings (SSSR count). The van der Waals surface area contributed by atoms with Gasteiger partial charge >= 0.3 is 0 Å². The predicted molar refractivity (Wildman–Crippen MR) is 258 cm³/mol. The normalized spacial score (nSPS) is 12.1. The summed E-state index contributed by atoms with van der Waals surface area (Å²) in [5.41, 5.74) is 12.8. The van der Waals surface area contributed by atoms with Gasteiger partial charge < -0.3 is 5.11 Å². The van der Waals surface area contributed by atoms with E-state index in [0.29, 0.717) is 32.8 Å². The van der Waals surface area contributed by atoms with Crippen LogP contribution in [0, 0.1) is 0 Å². The lowest BCUT2D eigenvalue weighted by molar-refractivity contribution is 0.0734. The number of thiophene rings is 2. The molecule has 328 valence electrons. The van der Waals surface area contributed by atoms with E-state index < -0.39 is 30.8 Å². The standard InChI is InChI=1S/C23H20ClN5O2S2.C23H21ClN2O3S2/c1-23(2,27-28-25)22-14-19(29(26-22)18-10-5-4-9-17(18)24)21-12-11-20(32-21)15-7-6-8-16(13-15)33(3,30)31;1-23(2,27)22-14-19(26(25-22)18-10-5-4-9-17(18)24)21-12-11-20(30-21)15-7-6-8-16(13-15)31(3,28)29/h4-14H,1-3H3;4-14,27H,1-3H3. The van der Waals surface area contributed by atoms with Crippen molar-refractivity contribution in [1.29, 1.82) is 0 Å². The van der Waals surface area contributed by atoms with E-state index in [2.05, 4.69) is 15.1 Å². The zero-order chi connectivity index (χ0) is 46.2. The Bertz CT molecular complexity index is 3300. The van der Waals surface area contributed by atoms with Crippen molar-refractivity contribution in [3.63, 3.8) is 0 Å². The van der Waals surface area contributed by atoms with Gasteiger partial charge in [0, 0.05) is 27.2 Å². The molecular weight excluding hydrogens is 930 g/mol. The summed E-state index contributed by atoms with van der Waals surface area (Å²) in [6.07, 6.45) is 2.40. The number of azide groups is 1. The zero-order valence-corrected chi connectivity index (χ0v) is 40.1. The Hall–Kier alpha value is -5.55. The van der Waals surface area contributed by atoms with E-state index in [1.807, 2.05) is 84.9 Å². The van der Waals surface area contributed by atoms with Gasteiger partial charge in [-0.1, -0.05) is 76.8 Å². The molecule has 64 heavy (non-hydrogen) atoms. The number of sulfone groups is 2. The third-order valence-electron chi connectivity index (χ3n) is 9.94. The minimum absolute atomic E-state index is 0.273. The minimum Gasteiger partial charge on any atom is -0.384 e. The molecule has 0 aliphatic rings. The molecule has 0 radical (unpaired) electrons. The van der Waals surface area contributed by atoms with Crippen LogP contribution >= 0.6 is 45.9 Å². The van der Waals surface area contributed by atoms with Gasteiger partial charge in [0.15, 0.2) is 19.7 Å². The fraction of sp³-hybridized carbons (Fsp3) is 0.174. The highest BCUT2D eigenvalue weighted by atomic mass is 35.5. The van der Waals surface area contributed by atoms with Crippen LogP contribution in [-0.2, 0) is 30.8 Å². The highest BCUT2D eigenvalue weighted by Crippen LogP contribution is 2.40. The van der Waals surface area contributed by atoms with Crippen LogP contribution in [0.25, 0.3) is 63.8 Å². The van der Waals surface area contributed by atoms with E-state index >= 15 is 0 Å². The second-order valence-electron chi connectivity index (χ2n) is 15.8. The van der Waals surface area contributed by atoms with Crippen LogP contribution < -0.4 is 0 Å². The van der Waals surface area contributed by atoms with Gasteiger partial charge in [-0.2, -0.15) is 10.2 Å². The fourth-order valence-electron chi connectivity index (χ4n) is 6.51. The first-order chi connectivity index (χ1) is 30.1. The monoisotopic (exact) mass is 969 g/mol. The summed E-state index contributed by atoms with van der Waals surface area (Å²) in [7, 11) is -6.60. The average molecular weight is 971 g/mol. The number of hydrogen-bond acceptors (Lipinski definition) is 10. The van der Waals surface area contributed by atoms with Crippen molar-refractivity contribution in [2.24, 2.45) is 5.11 Å². The summed E-state index contributed by atoms with van der Waals surface area (Å²) in [4.78, 5) is 7.19. The molecule has 0 spiro atoms. The van der Waals surface area contributed by atoms with Gasteiger partial charge in [0.05, 0.1) is 69.3 Å². The lowest BCUT2D eigenvalue weighted by atomic mass is 10.0. The van der Waals surface area contributed by atoms with Crippen LogP contribution in [0.5, 0.6) is 0 Å². The number of benzene rings is 4. The van der Waals surface area contributed by atoms with Gasteiger partial charge in [-0.05, 0) is 129 Å². The minimum atomic E-state index is -3.31. The van der Waals surface area contributed by atoms with Crippen LogP contribution in [0.4, 0.5) is 0 Å². The quantitative estimate of drug-likeness (QED) is 0.0763.